The van der Waals surface area contributed by atoms with E-state index in [0.717, 1.165) is 37.0 Å². The maximum Gasteiger partial charge on any atom is 0.118 e. The molecule has 2 aliphatic carbocycles. The number of aliphatic hydroxyl groups is 2. The fourth-order valence-electron chi connectivity index (χ4n) is 5.26. The molecule has 0 bridgehead atoms. The average Bonchev–Trinajstić information content (AvgIpc) is 2.89. The predicted octanol–water partition coefficient (Wildman–Crippen LogP) is 3.54. The Morgan fingerprint density at radius 3 is 2.60 bits per heavy atom. The van der Waals surface area contributed by atoms with Gasteiger partial charge in [0.25, 0.3) is 0 Å². The van der Waals surface area contributed by atoms with Gasteiger partial charge in [-0.25, -0.2) is 0 Å². The van der Waals surface area contributed by atoms with Crippen molar-refractivity contribution in [3.05, 3.63) is 29.8 Å². The van der Waals surface area contributed by atoms with Crippen LogP contribution in [0.2, 0.25) is 0 Å². The smallest absolute Gasteiger partial charge is 0.118 e. The van der Waals surface area contributed by atoms with Gasteiger partial charge in [0, 0.05) is 12.0 Å². The van der Waals surface area contributed by atoms with E-state index in [0.29, 0.717) is 31.5 Å². The first-order valence-electron chi connectivity index (χ1n) is 9.52. The molecule has 3 rings (SSSR count). The van der Waals surface area contributed by atoms with Crippen molar-refractivity contribution in [1.82, 2.24) is 0 Å². The van der Waals surface area contributed by atoms with E-state index >= 15 is 0 Å². The summed E-state index contributed by atoms with van der Waals surface area (Å²) in [7, 11) is 1.67. The second-order valence-corrected chi connectivity index (χ2v) is 8.24. The lowest BCUT2D eigenvalue weighted by molar-refractivity contribution is -0.176. The molecule has 4 heteroatoms. The molecule has 1 aromatic rings. The molecule has 0 unspecified atom stereocenters. The third-order valence-corrected chi connectivity index (χ3v) is 6.86. The van der Waals surface area contributed by atoms with Crippen molar-refractivity contribution < 1.29 is 19.7 Å². The summed E-state index contributed by atoms with van der Waals surface area (Å²) in [5, 5.41) is 21.5. The molecular weight excluding hydrogens is 316 g/mol. The minimum absolute atomic E-state index is 0.201. The van der Waals surface area contributed by atoms with Gasteiger partial charge in [-0.3, -0.25) is 0 Å². The highest BCUT2D eigenvalue weighted by molar-refractivity contribution is 5.26. The molecule has 5 atom stereocenters. The topological polar surface area (TPSA) is 58.9 Å². The zero-order valence-electron chi connectivity index (χ0n) is 15.7. The van der Waals surface area contributed by atoms with Crippen molar-refractivity contribution in [2.45, 2.75) is 64.3 Å². The van der Waals surface area contributed by atoms with Crippen LogP contribution in [0.5, 0.6) is 5.75 Å². The van der Waals surface area contributed by atoms with E-state index in [1.807, 2.05) is 24.3 Å². The van der Waals surface area contributed by atoms with Crippen LogP contribution in [-0.2, 0) is 11.3 Å². The van der Waals surface area contributed by atoms with E-state index in [4.69, 9.17) is 9.47 Å². The second-order valence-electron chi connectivity index (χ2n) is 8.24. The van der Waals surface area contributed by atoms with Crippen LogP contribution >= 0.6 is 0 Å². The van der Waals surface area contributed by atoms with Gasteiger partial charge in [-0.15, -0.1) is 0 Å². The Hall–Kier alpha value is -1.10. The second kappa shape index (κ2) is 7.26. The van der Waals surface area contributed by atoms with E-state index in [2.05, 4.69) is 13.8 Å². The molecule has 0 heterocycles. The van der Waals surface area contributed by atoms with Crippen LogP contribution in [0.25, 0.3) is 0 Å². The van der Waals surface area contributed by atoms with Gasteiger partial charge in [0.05, 0.1) is 25.4 Å². The molecule has 4 nitrogen and oxygen atoms in total. The fraction of sp³-hybridized carbons (Fsp3) is 0.714. The van der Waals surface area contributed by atoms with Gasteiger partial charge in [0.15, 0.2) is 0 Å². The van der Waals surface area contributed by atoms with E-state index in [1.165, 1.54) is 0 Å². The predicted molar refractivity (Wildman–Crippen MR) is 97.5 cm³/mol. The highest BCUT2D eigenvalue weighted by atomic mass is 16.5. The zero-order chi connectivity index (χ0) is 18.1. The highest BCUT2D eigenvalue weighted by Gasteiger charge is 2.61. The van der Waals surface area contributed by atoms with Crippen LogP contribution in [0.1, 0.15) is 51.5 Å². The molecule has 25 heavy (non-hydrogen) atoms. The lowest BCUT2D eigenvalue weighted by Gasteiger charge is -2.50. The van der Waals surface area contributed by atoms with Crippen molar-refractivity contribution >= 4 is 0 Å². The molecule has 0 amide bonds. The molecule has 0 radical (unpaired) electrons. The number of hydrogen-bond donors (Lipinski definition) is 2. The van der Waals surface area contributed by atoms with Gasteiger partial charge < -0.3 is 19.7 Å². The minimum Gasteiger partial charge on any atom is -0.497 e. The number of rotatable bonds is 6. The van der Waals surface area contributed by atoms with Crippen molar-refractivity contribution in [3.8, 4) is 5.75 Å². The Bertz CT molecular complexity index is 572. The molecule has 0 aromatic heterocycles. The SMILES string of the molecule is COc1ccc(COC[C@@H](C)[C@H]2CC[C@]3(O)[C@H](O)CCC[C@]23C)cc1. The molecule has 1 aromatic carbocycles. The van der Waals surface area contributed by atoms with Crippen molar-refractivity contribution in [1.29, 1.82) is 0 Å². The number of ether oxygens (including phenoxy) is 2. The van der Waals surface area contributed by atoms with Crippen LogP contribution in [0.15, 0.2) is 24.3 Å². The zero-order valence-corrected chi connectivity index (χ0v) is 15.7. The Morgan fingerprint density at radius 2 is 1.92 bits per heavy atom. The largest absolute Gasteiger partial charge is 0.497 e. The summed E-state index contributed by atoms with van der Waals surface area (Å²) in [6, 6.07) is 7.95. The van der Waals surface area contributed by atoms with E-state index < -0.39 is 11.7 Å². The summed E-state index contributed by atoms with van der Waals surface area (Å²) in [6.45, 7) is 5.66. The molecule has 2 saturated carbocycles. The van der Waals surface area contributed by atoms with Gasteiger partial charge in [-0.2, -0.15) is 0 Å². The third-order valence-electron chi connectivity index (χ3n) is 6.86. The normalized spacial score (nSPS) is 36.0. The molecule has 2 N–H and O–H groups in total. The Balaban J connectivity index is 1.57. The average molecular weight is 348 g/mol. The van der Waals surface area contributed by atoms with E-state index in [9.17, 15) is 10.2 Å². The summed E-state index contributed by atoms with van der Waals surface area (Å²) in [6.07, 6.45) is 3.81. The summed E-state index contributed by atoms with van der Waals surface area (Å²) in [5.41, 5.74) is 0.0171. The lowest BCUT2D eigenvalue weighted by Crippen LogP contribution is -2.57. The van der Waals surface area contributed by atoms with Gasteiger partial charge in [0.2, 0.25) is 0 Å². The number of hydrogen-bond acceptors (Lipinski definition) is 4. The van der Waals surface area contributed by atoms with Gasteiger partial charge in [-0.05, 0) is 55.2 Å². The first kappa shape index (κ1) is 18.7. The lowest BCUT2D eigenvalue weighted by atomic mass is 9.59. The molecule has 0 aliphatic heterocycles. The van der Waals surface area contributed by atoms with Crippen LogP contribution < -0.4 is 4.74 Å². The molecule has 0 spiro atoms. The van der Waals surface area contributed by atoms with Gasteiger partial charge in [-0.1, -0.05) is 32.4 Å². The molecule has 0 saturated heterocycles. The van der Waals surface area contributed by atoms with E-state index in [-0.39, 0.29) is 5.41 Å². The summed E-state index contributed by atoms with van der Waals surface area (Å²) in [5.74, 6) is 1.61. The number of fused-ring (bicyclic) bond motifs is 1. The standard InChI is InChI=1S/C21H32O4/c1-15(13-25-14-16-6-8-17(24-3)9-7-16)18-10-12-21(23)19(22)5-4-11-20(18,21)2/h6-9,15,18-19,22-23H,4-5,10-14H2,1-3H3/t15-,18-,19-,20-,21+/m1/s1. The van der Waals surface area contributed by atoms with Crippen LogP contribution in [0.3, 0.4) is 0 Å². The Labute approximate surface area is 151 Å². The Morgan fingerprint density at radius 1 is 1.20 bits per heavy atom. The fourth-order valence-corrected chi connectivity index (χ4v) is 5.26. The highest BCUT2D eigenvalue weighted by Crippen LogP contribution is 2.60. The number of methoxy groups -OCH3 is 1. The quantitative estimate of drug-likeness (QED) is 0.825. The van der Waals surface area contributed by atoms with Crippen molar-refractivity contribution in [2.75, 3.05) is 13.7 Å². The molecule has 2 fully saturated rings. The van der Waals surface area contributed by atoms with Crippen molar-refractivity contribution in [3.63, 3.8) is 0 Å². The minimum atomic E-state index is -0.917. The Kier molecular flexibility index (Phi) is 5.42. The summed E-state index contributed by atoms with van der Waals surface area (Å²) >= 11 is 0. The van der Waals surface area contributed by atoms with Crippen LogP contribution in [0, 0.1) is 17.3 Å². The summed E-state index contributed by atoms with van der Waals surface area (Å²) < 4.78 is 11.1. The maximum absolute atomic E-state index is 11.1. The first-order chi connectivity index (χ1) is 11.9. The monoisotopic (exact) mass is 348 g/mol. The third kappa shape index (κ3) is 3.32. The van der Waals surface area contributed by atoms with Gasteiger partial charge in [0.1, 0.15) is 5.75 Å². The number of benzene rings is 1. The molecular formula is C21H32O4. The van der Waals surface area contributed by atoms with Crippen LogP contribution in [-0.4, -0.2) is 35.6 Å². The first-order valence-corrected chi connectivity index (χ1v) is 9.52. The van der Waals surface area contributed by atoms with Crippen molar-refractivity contribution in [2.24, 2.45) is 17.3 Å². The molecule has 140 valence electrons. The van der Waals surface area contributed by atoms with Gasteiger partial charge >= 0.3 is 0 Å². The maximum atomic E-state index is 11.1. The molecule has 2 aliphatic rings. The number of aliphatic hydroxyl groups excluding tert-OH is 1. The van der Waals surface area contributed by atoms with E-state index in [1.54, 1.807) is 7.11 Å². The van der Waals surface area contributed by atoms with Crippen LogP contribution in [0.4, 0.5) is 0 Å². The summed E-state index contributed by atoms with van der Waals surface area (Å²) in [4.78, 5) is 0.